The Kier molecular flexibility index (Phi) is 9.42. The second kappa shape index (κ2) is 11.5. The van der Waals surface area contributed by atoms with E-state index in [1.807, 2.05) is 0 Å². The molecule has 6 amide bonds. The monoisotopic (exact) mass is 519 g/mol. The molecule has 35 heavy (non-hydrogen) atoms. The van der Waals surface area contributed by atoms with E-state index < -0.39 is 64.6 Å². The third-order valence-electron chi connectivity index (χ3n) is 5.71. The summed E-state index contributed by atoms with van der Waals surface area (Å²) in [7, 11) is -4.73. The van der Waals surface area contributed by atoms with Crippen LogP contribution in [0, 0.1) is 0 Å². The van der Waals surface area contributed by atoms with Crippen LogP contribution in [-0.4, -0.2) is 88.5 Å². The van der Waals surface area contributed by atoms with Gasteiger partial charge in [0.25, 0.3) is 5.91 Å². The zero-order chi connectivity index (χ0) is 25.2. The average molecular weight is 520 g/mol. The number of amides is 6. The van der Waals surface area contributed by atoms with Crippen LogP contribution < -0.4 is 40.2 Å². The topological polar surface area (TPSA) is 173 Å². The predicted octanol–water partition coefficient (Wildman–Crippen LogP) is -3.85. The molecule has 2 aliphatic rings. The second-order valence-electron chi connectivity index (χ2n) is 7.78. The van der Waals surface area contributed by atoms with Crippen LogP contribution in [-0.2, 0) is 29.5 Å². The van der Waals surface area contributed by atoms with Crippen LogP contribution in [0.2, 0.25) is 0 Å². The summed E-state index contributed by atoms with van der Waals surface area (Å²) >= 11 is 0. The maximum absolute atomic E-state index is 13.1. The van der Waals surface area contributed by atoms with Gasteiger partial charge in [-0.25, -0.2) is 9.10 Å². The molecule has 0 spiro atoms. The Balaban J connectivity index is 0.00000324. The fourth-order valence-electron chi connectivity index (χ4n) is 3.77. The molecule has 1 aromatic rings. The van der Waals surface area contributed by atoms with Crippen LogP contribution in [0.15, 0.2) is 30.3 Å². The Labute approximate surface area is 225 Å². The number of rotatable bonds is 7. The Morgan fingerprint density at radius 1 is 1.11 bits per heavy atom. The van der Waals surface area contributed by atoms with Crippen molar-refractivity contribution in [2.24, 2.45) is 0 Å². The van der Waals surface area contributed by atoms with Crippen LogP contribution >= 0.6 is 0 Å². The van der Waals surface area contributed by atoms with E-state index in [1.165, 1.54) is 17.0 Å². The number of hydrogen-bond donors (Lipinski definition) is 3. The molecule has 1 aromatic carbocycles. The van der Waals surface area contributed by atoms with Crippen molar-refractivity contribution in [3.8, 4) is 0 Å². The summed E-state index contributed by atoms with van der Waals surface area (Å²) in [6.07, 6.45) is 0.382. The normalized spacial score (nSPS) is 21.1. The van der Waals surface area contributed by atoms with Crippen molar-refractivity contribution in [1.82, 2.24) is 24.7 Å². The number of urea groups is 1. The van der Waals surface area contributed by atoms with Gasteiger partial charge in [-0.2, -0.15) is 8.42 Å². The number of carbonyl (C=O) groups is 5. The van der Waals surface area contributed by atoms with E-state index in [-0.39, 0.29) is 41.8 Å². The van der Waals surface area contributed by atoms with Gasteiger partial charge in [0.15, 0.2) is 0 Å². The molecule has 0 aromatic heterocycles. The number of β-lactam (4-membered cyclic amide) rings is 1. The van der Waals surface area contributed by atoms with Crippen LogP contribution in [0.5, 0.6) is 0 Å². The van der Waals surface area contributed by atoms with Gasteiger partial charge in [0.05, 0.1) is 12.6 Å². The first-order chi connectivity index (χ1) is 16.0. The number of carbonyl (C=O) groups excluding carboxylic acids is 5. The molecule has 2 aliphatic heterocycles. The summed E-state index contributed by atoms with van der Waals surface area (Å²) in [6, 6.07) is 3.85. The molecular weight excluding hydrogens is 493 g/mol. The van der Waals surface area contributed by atoms with Crippen molar-refractivity contribution < 1.29 is 67.9 Å². The molecule has 0 aliphatic carbocycles. The zero-order valence-corrected chi connectivity index (χ0v) is 22.3. The molecule has 15 heteroatoms. The third kappa shape index (κ3) is 6.01. The van der Waals surface area contributed by atoms with E-state index in [4.69, 9.17) is 4.55 Å². The predicted molar refractivity (Wildman–Crippen MR) is 117 cm³/mol. The fourth-order valence-corrected chi connectivity index (χ4v) is 4.46. The maximum atomic E-state index is 13.1. The van der Waals surface area contributed by atoms with Crippen molar-refractivity contribution in [1.29, 1.82) is 0 Å². The molecule has 0 bridgehead atoms. The first kappa shape index (κ1) is 28.7. The molecular formula is C20H26N5NaO8S. The van der Waals surface area contributed by atoms with Gasteiger partial charge in [-0.05, 0) is 18.9 Å². The standard InChI is InChI=1S/C20H25N5O8S.Na.H/c1-3-13-10-23(4-2)18(28)19(29)25(13)20(30)22-15(12-8-6-5-7-9-12)16(26)21-14-11-24(17(14)27)34(31,32)33;;/h5-9,13-15H,3-4,10-11H2,1-2H3,(H,21,26)(H,22,30)(H,31,32,33);;/q;+1;-1/t13-,14?,15?;;/m1../s1. The van der Waals surface area contributed by atoms with E-state index in [0.717, 1.165) is 4.90 Å². The van der Waals surface area contributed by atoms with Crippen molar-refractivity contribution in [2.75, 3.05) is 19.6 Å². The Morgan fingerprint density at radius 3 is 2.26 bits per heavy atom. The molecule has 0 radical (unpaired) electrons. The molecule has 0 saturated carbocycles. The Hall–Kier alpha value is -2.52. The third-order valence-corrected chi connectivity index (χ3v) is 6.59. The van der Waals surface area contributed by atoms with Crippen molar-refractivity contribution in [3.05, 3.63) is 35.9 Å². The average Bonchev–Trinajstić information content (AvgIpc) is 2.80. The molecule has 13 nitrogen and oxygen atoms in total. The van der Waals surface area contributed by atoms with E-state index in [2.05, 4.69) is 10.6 Å². The van der Waals surface area contributed by atoms with Gasteiger partial charge in [0, 0.05) is 13.1 Å². The SMILES string of the molecule is CC[C@@H]1CN(CC)C(=O)C(=O)N1C(=O)NC(C(=O)NC1CN(S(=O)(=O)O)C1=O)c1ccccc1.[H-].[Na+]. The summed E-state index contributed by atoms with van der Waals surface area (Å²) in [5.41, 5.74) is 0.325. The number of benzene rings is 1. The van der Waals surface area contributed by atoms with Crippen molar-refractivity contribution in [3.63, 3.8) is 0 Å². The summed E-state index contributed by atoms with van der Waals surface area (Å²) in [6.45, 7) is 3.47. The molecule has 2 heterocycles. The van der Waals surface area contributed by atoms with E-state index in [0.29, 0.717) is 18.5 Å². The number of likely N-dealkylation sites (N-methyl/N-ethyl adjacent to an activating group) is 1. The molecule has 3 atom stereocenters. The zero-order valence-electron chi connectivity index (χ0n) is 20.5. The van der Waals surface area contributed by atoms with E-state index in [1.54, 1.807) is 32.0 Å². The minimum Gasteiger partial charge on any atom is -1.00 e. The van der Waals surface area contributed by atoms with Crippen LogP contribution in [0.3, 0.4) is 0 Å². The molecule has 2 fully saturated rings. The van der Waals surface area contributed by atoms with Gasteiger partial charge in [-0.3, -0.25) is 28.6 Å². The van der Waals surface area contributed by atoms with E-state index >= 15 is 0 Å². The summed E-state index contributed by atoms with van der Waals surface area (Å²) in [5, 5.41) is 4.79. The first-order valence-corrected chi connectivity index (χ1v) is 12.0. The van der Waals surface area contributed by atoms with Gasteiger partial charge < -0.3 is 17.0 Å². The smallest absolute Gasteiger partial charge is 1.00 e. The second-order valence-corrected chi connectivity index (χ2v) is 9.12. The van der Waals surface area contributed by atoms with Gasteiger partial charge in [0.2, 0.25) is 5.91 Å². The molecule has 3 rings (SSSR count). The minimum absolute atomic E-state index is 0. The molecule has 3 N–H and O–H groups in total. The molecule has 186 valence electrons. The van der Waals surface area contributed by atoms with Gasteiger partial charge >= 0.3 is 57.7 Å². The van der Waals surface area contributed by atoms with Gasteiger partial charge in [0.1, 0.15) is 12.1 Å². The van der Waals surface area contributed by atoms with E-state index in [9.17, 15) is 32.4 Å². The van der Waals surface area contributed by atoms with Crippen LogP contribution in [0.1, 0.15) is 33.3 Å². The van der Waals surface area contributed by atoms with Crippen molar-refractivity contribution >= 4 is 40.0 Å². The number of nitrogens with one attached hydrogen (secondary N) is 2. The number of nitrogens with zero attached hydrogens (tertiary/aromatic N) is 3. The fraction of sp³-hybridized carbons (Fsp3) is 0.450. The van der Waals surface area contributed by atoms with Gasteiger partial charge in [-0.1, -0.05) is 37.3 Å². The minimum atomic E-state index is -4.73. The largest absolute Gasteiger partial charge is 1.00 e. The Morgan fingerprint density at radius 2 is 1.74 bits per heavy atom. The summed E-state index contributed by atoms with van der Waals surface area (Å²) in [5.74, 6) is -3.71. The number of piperazine rings is 1. The first-order valence-electron chi connectivity index (χ1n) is 10.6. The molecule has 2 unspecified atom stereocenters. The number of imide groups is 1. The number of hydrogen-bond acceptors (Lipinski definition) is 7. The Bertz CT molecular complexity index is 1120. The van der Waals surface area contributed by atoms with Crippen LogP contribution in [0.25, 0.3) is 0 Å². The maximum Gasteiger partial charge on any atom is 1.00 e. The van der Waals surface area contributed by atoms with Gasteiger partial charge in [-0.15, -0.1) is 0 Å². The quantitative estimate of drug-likeness (QED) is 0.142. The summed E-state index contributed by atoms with van der Waals surface area (Å²) in [4.78, 5) is 65.1. The van der Waals surface area contributed by atoms with Crippen LogP contribution in [0.4, 0.5) is 4.79 Å². The summed E-state index contributed by atoms with van der Waals surface area (Å²) < 4.78 is 31.4. The molecule has 2 saturated heterocycles. The van der Waals surface area contributed by atoms with Crippen molar-refractivity contribution in [2.45, 2.75) is 38.4 Å².